The summed E-state index contributed by atoms with van der Waals surface area (Å²) in [6, 6.07) is 49.7. The molecule has 0 saturated heterocycles. The van der Waals surface area contributed by atoms with E-state index in [1.807, 2.05) is 26.8 Å². The Morgan fingerprint density at radius 3 is 0.928 bits per heavy atom. The summed E-state index contributed by atoms with van der Waals surface area (Å²) in [4.78, 5) is 47.3. The Labute approximate surface area is 561 Å². The molecule has 4 N–H and O–H groups in total. The molecule has 97 heavy (non-hydrogen) atoms. The van der Waals surface area contributed by atoms with Gasteiger partial charge in [0.1, 0.15) is 23.0 Å². The summed E-state index contributed by atoms with van der Waals surface area (Å²) in [5.41, 5.74) is 5.28. The van der Waals surface area contributed by atoms with Crippen molar-refractivity contribution in [3.63, 3.8) is 0 Å². The highest BCUT2D eigenvalue weighted by Gasteiger charge is 2.48. The maximum Gasteiger partial charge on any atom is 0.307 e. The minimum Gasteiger partial charge on any atom is -0.508 e. The molecule has 12 rings (SSSR count). The first-order valence-corrected chi connectivity index (χ1v) is 35.9. The fourth-order valence-corrected chi connectivity index (χ4v) is 19.1. The predicted molar refractivity (Wildman–Crippen MR) is 356 cm³/mol. The van der Waals surface area contributed by atoms with Crippen molar-refractivity contribution in [2.45, 2.75) is 90.2 Å². The number of rotatable bonds is 18. The number of nitrogens with one attached hydrogen (secondary N) is 1. The molecule has 0 radical (unpaired) electrons. The Balaban J connectivity index is 0.000000152. The van der Waals surface area contributed by atoms with Crippen molar-refractivity contribution in [1.29, 1.82) is 0 Å². The third kappa shape index (κ3) is 14.9. The number of fused-ring (bicyclic) bond motifs is 4. The highest BCUT2D eigenvalue weighted by molar-refractivity contribution is 7.94. The number of hydroxylamine groups is 1. The Bertz CT molecular complexity index is 4510. The first-order chi connectivity index (χ1) is 46.4. The standard InChI is InChI=1S/C18H19NO5S.C17H18N2O5S.C17H17NO5S.C16H15NO5S/c1-3-24-14-9-10-17-15(11-14)16(12-18(20)23-2)19(25(17,21)22)13-7-5-4-6-8-13;1-2-24-13-8-9-16-14(10-13)15(11-17(20)18-21)19(25(16,22)23)12-6-4-3-5-7-12;1-2-23-13-8-9-16-14(10-13)15(11-17(19)20)18(24(16,21)22)12-6-4-3-5-7-12;1-22-16(19)10-14-13-9-12(18)7-8-15(13)23(20,21)17(14)11-5-3-2-4-6-11/h4-11,16H,3,12H2,1-2H3;3-10,15,21H,2,11H2,1H3,(H,18,20);3-10,15H,2,11H2,1H3,(H,19,20);2-9,14,18H,10H2,1H3. The summed E-state index contributed by atoms with van der Waals surface area (Å²) >= 11 is 0. The number of anilines is 4. The number of amides is 1. The lowest BCUT2D eigenvalue weighted by atomic mass is 10.0. The van der Waals surface area contributed by atoms with Crippen LogP contribution >= 0.6 is 0 Å². The van der Waals surface area contributed by atoms with Gasteiger partial charge in [0.05, 0.1) is 126 Å². The first-order valence-electron chi connectivity index (χ1n) is 30.2. The number of carbonyl (C=O) groups excluding carboxylic acids is 3. The van der Waals surface area contributed by atoms with E-state index >= 15 is 0 Å². The van der Waals surface area contributed by atoms with E-state index in [9.17, 15) is 63.1 Å². The van der Waals surface area contributed by atoms with Crippen LogP contribution in [0.25, 0.3) is 0 Å². The number of nitrogens with zero attached hydrogens (tertiary/aromatic N) is 4. The lowest BCUT2D eigenvalue weighted by molar-refractivity contribution is -0.141. The predicted octanol–water partition coefficient (Wildman–Crippen LogP) is 10.1. The fourth-order valence-electron chi connectivity index (χ4n) is 11.7. The molecular weight excluding hydrogens is 1340 g/mol. The van der Waals surface area contributed by atoms with Gasteiger partial charge in [-0.05, 0) is 142 Å². The van der Waals surface area contributed by atoms with Gasteiger partial charge in [0, 0.05) is 22.3 Å². The summed E-state index contributed by atoms with van der Waals surface area (Å²) < 4.78 is 135. The van der Waals surface area contributed by atoms with Crippen LogP contribution in [0, 0.1) is 0 Å². The van der Waals surface area contributed by atoms with Gasteiger partial charge in [0.2, 0.25) is 5.91 Å². The molecule has 0 saturated carbocycles. The number of phenols is 1. The molecule has 4 aliphatic heterocycles. The number of aliphatic carboxylic acids is 1. The summed E-state index contributed by atoms with van der Waals surface area (Å²) in [7, 11) is -12.7. The SMILES string of the molecule is CCOc1ccc2c(c1)C(CC(=O)NO)N(c1ccccc1)S2(=O)=O.CCOc1ccc2c(c1)C(CC(=O)O)N(c1ccccc1)S2(=O)=O.CCOc1ccc2c(c1)C(CC(=O)OC)N(c1ccccc1)S2(=O)=O.COC(=O)CC1c2cc(O)ccc2S(=O)(=O)N1c1ccccc1. The summed E-state index contributed by atoms with van der Waals surface area (Å²) in [5, 5.41) is 27.8. The lowest BCUT2D eigenvalue weighted by Crippen LogP contribution is -2.32. The smallest absolute Gasteiger partial charge is 0.307 e. The van der Waals surface area contributed by atoms with Crippen molar-refractivity contribution in [3.05, 3.63) is 216 Å². The van der Waals surface area contributed by atoms with Crippen LogP contribution in [0.5, 0.6) is 23.0 Å². The highest BCUT2D eigenvalue weighted by Crippen LogP contribution is 2.50. The van der Waals surface area contributed by atoms with E-state index in [1.165, 1.54) is 67.8 Å². The highest BCUT2D eigenvalue weighted by atomic mass is 32.2. The number of benzene rings is 8. The second kappa shape index (κ2) is 30.3. The fraction of sp³-hybridized carbons (Fsp3) is 0.235. The van der Waals surface area contributed by atoms with Crippen LogP contribution in [0.3, 0.4) is 0 Å². The first kappa shape index (κ1) is 71.1. The third-order valence-corrected chi connectivity index (χ3v) is 23.3. The van der Waals surface area contributed by atoms with Gasteiger partial charge in [-0.25, -0.2) is 39.2 Å². The molecular formula is C68H69N5O20S4. The molecule has 4 unspecified atom stereocenters. The lowest BCUT2D eigenvalue weighted by Gasteiger charge is -2.25. The number of sulfonamides is 4. The van der Waals surface area contributed by atoms with Crippen molar-refractivity contribution in [1.82, 2.24) is 5.48 Å². The van der Waals surface area contributed by atoms with Crippen LogP contribution < -0.4 is 36.9 Å². The maximum absolute atomic E-state index is 13.1. The molecule has 0 aromatic heterocycles. The molecule has 4 aliphatic rings. The van der Waals surface area contributed by atoms with Crippen LogP contribution in [0.15, 0.2) is 214 Å². The summed E-state index contributed by atoms with van der Waals surface area (Å²) in [6.07, 6.45) is -0.752. The zero-order valence-electron chi connectivity index (χ0n) is 52.9. The number of esters is 2. The van der Waals surface area contributed by atoms with Crippen molar-refractivity contribution < 1.29 is 92.0 Å². The van der Waals surface area contributed by atoms with E-state index in [2.05, 4.69) is 4.74 Å². The zero-order valence-corrected chi connectivity index (χ0v) is 56.2. The van der Waals surface area contributed by atoms with Crippen LogP contribution in [0.4, 0.5) is 22.7 Å². The minimum atomic E-state index is -3.82. The minimum absolute atomic E-state index is 0.0521. The van der Waals surface area contributed by atoms with E-state index in [4.69, 9.17) is 24.2 Å². The van der Waals surface area contributed by atoms with Crippen molar-refractivity contribution in [3.8, 4) is 23.0 Å². The van der Waals surface area contributed by atoms with E-state index in [0.717, 1.165) is 0 Å². The molecule has 29 heteroatoms. The molecule has 0 bridgehead atoms. The van der Waals surface area contributed by atoms with Crippen LogP contribution in [0.2, 0.25) is 0 Å². The number of hydrogen-bond donors (Lipinski definition) is 4. The molecule has 8 aromatic rings. The van der Waals surface area contributed by atoms with Gasteiger partial charge >= 0.3 is 17.9 Å². The number of hydrogen-bond acceptors (Lipinski definition) is 19. The quantitative estimate of drug-likeness (QED) is 0.0352. The molecule has 510 valence electrons. The maximum atomic E-state index is 13.1. The number of carboxylic acids is 1. The largest absolute Gasteiger partial charge is 0.508 e. The Hall–Kier alpha value is -10.2. The number of aromatic hydroxyl groups is 1. The second-order valence-electron chi connectivity index (χ2n) is 21.6. The van der Waals surface area contributed by atoms with E-state index < -0.39 is 88.1 Å². The van der Waals surface area contributed by atoms with Gasteiger partial charge in [-0.2, -0.15) is 0 Å². The van der Waals surface area contributed by atoms with Crippen LogP contribution in [-0.4, -0.2) is 107 Å². The van der Waals surface area contributed by atoms with Gasteiger partial charge in [-0.1, -0.05) is 72.8 Å². The topological polar surface area (TPSA) is 337 Å². The number of phenolic OH excluding ortho intramolecular Hbond substituents is 1. The Kier molecular flexibility index (Phi) is 22.2. The van der Waals surface area contributed by atoms with Gasteiger partial charge in [0.15, 0.2) is 0 Å². The Morgan fingerprint density at radius 1 is 0.392 bits per heavy atom. The molecule has 4 atom stereocenters. The van der Waals surface area contributed by atoms with Gasteiger partial charge < -0.3 is 33.9 Å². The molecule has 8 aromatic carbocycles. The summed E-state index contributed by atoms with van der Waals surface area (Å²) in [5.74, 6) is -1.16. The zero-order chi connectivity index (χ0) is 70.0. The normalized spacial score (nSPS) is 18.1. The monoisotopic (exact) mass is 1400 g/mol. The molecule has 0 aliphatic carbocycles. The number of carbonyl (C=O) groups is 4. The third-order valence-electron chi connectivity index (χ3n) is 15.7. The van der Waals surface area contributed by atoms with Crippen molar-refractivity contribution in [2.75, 3.05) is 51.3 Å². The molecule has 0 fully saturated rings. The van der Waals surface area contributed by atoms with Gasteiger partial charge in [-0.3, -0.25) is 41.6 Å². The average molecular weight is 1400 g/mol. The van der Waals surface area contributed by atoms with E-state index in [1.54, 1.807) is 157 Å². The average Bonchev–Trinajstić information content (AvgIpc) is 1.60. The van der Waals surface area contributed by atoms with Gasteiger partial charge in [-0.15, -0.1) is 0 Å². The molecule has 4 heterocycles. The van der Waals surface area contributed by atoms with Gasteiger partial charge in [0.25, 0.3) is 40.1 Å². The van der Waals surface area contributed by atoms with E-state index in [0.29, 0.717) is 82.1 Å². The number of para-hydroxylation sites is 4. The van der Waals surface area contributed by atoms with E-state index in [-0.39, 0.29) is 51.0 Å². The number of methoxy groups -OCH3 is 2. The van der Waals surface area contributed by atoms with Crippen LogP contribution in [-0.2, 0) is 68.7 Å². The number of carboxylic acid groups (broad SMARTS) is 1. The van der Waals surface area contributed by atoms with Crippen LogP contribution in [0.1, 0.15) is 92.9 Å². The van der Waals surface area contributed by atoms with Crippen molar-refractivity contribution >= 4 is 86.7 Å². The molecule has 0 spiro atoms. The second-order valence-corrected chi connectivity index (χ2v) is 28.8. The van der Waals surface area contributed by atoms with Crippen molar-refractivity contribution in [2.24, 2.45) is 0 Å². The summed E-state index contributed by atoms with van der Waals surface area (Å²) in [6.45, 7) is 6.86. The Morgan fingerprint density at radius 2 is 0.660 bits per heavy atom. The molecule has 25 nitrogen and oxygen atoms in total. The molecule has 1 amide bonds. The number of ether oxygens (including phenoxy) is 5.